The molecule has 2 nitrogen and oxygen atoms in total. The molecule has 1 heterocycles. The van der Waals surface area contributed by atoms with Crippen molar-refractivity contribution in [3.63, 3.8) is 0 Å². The summed E-state index contributed by atoms with van der Waals surface area (Å²) < 4.78 is 0. The number of aromatic nitrogens is 1. The fraction of sp³-hybridized carbons (Fsp3) is 0.214. The maximum atomic E-state index is 5.82. The predicted octanol–water partition coefficient (Wildman–Crippen LogP) is 3.96. The molecule has 17 heavy (non-hydrogen) atoms. The molecule has 0 radical (unpaired) electrons. The van der Waals surface area contributed by atoms with E-state index in [1.165, 1.54) is 16.7 Å². The van der Waals surface area contributed by atoms with Crippen LogP contribution in [0.1, 0.15) is 16.7 Å². The van der Waals surface area contributed by atoms with Crippen molar-refractivity contribution in [2.75, 3.05) is 5.32 Å². The van der Waals surface area contributed by atoms with Crippen molar-refractivity contribution >= 4 is 17.3 Å². The number of pyridine rings is 1. The molecule has 1 aromatic heterocycles. The van der Waals surface area contributed by atoms with Gasteiger partial charge in [0.25, 0.3) is 0 Å². The van der Waals surface area contributed by atoms with Crippen LogP contribution in [0.25, 0.3) is 0 Å². The summed E-state index contributed by atoms with van der Waals surface area (Å²) in [6.07, 6.45) is 1.70. The second-order valence-electron chi connectivity index (χ2n) is 4.14. The zero-order valence-electron chi connectivity index (χ0n) is 10.00. The number of rotatable bonds is 3. The van der Waals surface area contributed by atoms with Crippen LogP contribution in [0.3, 0.4) is 0 Å². The Bertz CT molecular complexity index is 523. The van der Waals surface area contributed by atoms with Gasteiger partial charge in [0.2, 0.25) is 0 Å². The van der Waals surface area contributed by atoms with Crippen LogP contribution in [-0.4, -0.2) is 4.98 Å². The van der Waals surface area contributed by atoms with E-state index in [0.717, 1.165) is 12.2 Å². The van der Waals surface area contributed by atoms with E-state index in [4.69, 9.17) is 11.6 Å². The zero-order chi connectivity index (χ0) is 12.3. The first-order valence-corrected chi connectivity index (χ1v) is 5.94. The highest BCUT2D eigenvalue weighted by Crippen LogP contribution is 2.14. The van der Waals surface area contributed by atoms with Crippen molar-refractivity contribution < 1.29 is 0 Å². The molecule has 0 atom stereocenters. The van der Waals surface area contributed by atoms with Crippen LogP contribution in [0, 0.1) is 13.8 Å². The zero-order valence-corrected chi connectivity index (χ0v) is 10.8. The molecule has 1 N–H and O–H groups in total. The van der Waals surface area contributed by atoms with Gasteiger partial charge in [-0.3, -0.25) is 0 Å². The molecule has 0 aliphatic heterocycles. The normalized spacial score (nSPS) is 10.3. The molecule has 3 heteroatoms. The van der Waals surface area contributed by atoms with E-state index in [2.05, 4.69) is 42.3 Å². The molecule has 88 valence electrons. The Balaban J connectivity index is 2.05. The molecule has 0 aliphatic carbocycles. The van der Waals surface area contributed by atoms with Crippen molar-refractivity contribution in [2.45, 2.75) is 20.4 Å². The molecule has 0 unspecified atom stereocenters. The number of anilines is 1. The quantitative estimate of drug-likeness (QED) is 0.829. The molecular formula is C14H15ClN2. The van der Waals surface area contributed by atoms with Crippen molar-refractivity contribution in [3.05, 3.63) is 58.4 Å². The number of benzene rings is 1. The Labute approximate surface area is 107 Å². The van der Waals surface area contributed by atoms with Crippen molar-refractivity contribution in [1.29, 1.82) is 0 Å². The first-order valence-electron chi connectivity index (χ1n) is 5.57. The Morgan fingerprint density at radius 3 is 2.65 bits per heavy atom. The molecule has 1 aromatic carbocycles. The lowest BCUT2D eigenvalue weighted by Gasteiger charge is -2.08. The van der Waals surface area contributed by atoms with Gasteiger partial charge < -0.3 is 5.32 Å². The van der Waals surface area contributed by atoms with E-state index in [1.807, 2.05) is 12.1 Å². The van der Waals surface area contributed by atoms with Gasteiger partial charge in [-0.1, -0.05) is 29.8 Å². The monoisotopic (exact) mass is 246 g/mol. The minimum atomic E-state index is 0.509. The largest absolute Gasteiger partial charge is 0.381 e. The van der Waals surface area contributed by atoms with Crippen LogP contribution in [-0.2, 0) is 6.54 Å². The summed E-state index contributed by atoms with van der Waals surface area (Å²) in [6, 6.07) is 10.2. The molecule has 0 saturated carbocycles. The van der Waals surface area contributed by atoms with Gasteiger partial charge in [0.1, 0.15) is 5.15 Å². The maximum Gasteiger partial charge on any atom is 0.131 e. The van der Waals surface area contributed by atoms with Crippen LogP contribution in [0.5, 0.6) is 0 Å². The summed E-state index contributed by atoms with van der Waals surface area (Å²) in [5.41, 5.74) is 4.89. The van der Waals surface area contributed by atoms with Crippen LogP contribution in [0.2, 0.25) is 5.15 Å². The van der Waals surface area contributed by atoms with E-state index in [9.17, 15) is 0 Å². The van der Waals surface area contributed by atoms with Crippen LogP contribution in [0.4, 0.5) is 5.69 Å². The summed E-state index contributed by atoms with van der Waals surface area (Å²) >= 11 is 5.82. The average molecular weight is 247 g/mol. The molecular weight excluding hydrogens is 232 g/mol. The third-order valence-electron chi connectivity index (χ3n) is 2.79. The SMILES string of the molecule is Cc1ccc(CNc2ccnc(Cl)c2)cc1C. The third kappa shape index (κ3) is 3.21. The van der Waals surface area contributed by atoms with E-state index >= 15 is 0 Å². The number of aryl methyl sites for hydroxylation is 2. The lowest BCUT2D eigenvalue weighted by Crippen LogP contribution is -2.00. The fourth-order valence-corrected chi connectivity index (χ4v) is 1.80. The molecule has 2 aromatic rings. The minimum Gasteiger partial charge on any atom is -0.381 e. The van der Waals surface area contributed by atoms with Gasteiger partial charge in [0.05, 0.1) is 0 Å². The van der Waals surface area contributed by atoms with Crippen molar-refractivity contribution in [3.8, 4) is 0 Å². The number of hydrogen-bond donors (Lipinski definition) is 1. The summed E-state index contributed by atoms with van der Waals surface area (Å²) in [5, 5.41) is 3.83. The van der Waals surface area contributed by atoms with Crippen LogP contribution >= 0.6 is 11.6 Å². The van der Waals surface area contributed by atoms with E-state index < -0.39 is 0 Å². The molecule has 0 bridgehead atoms. The summed E-state index contributed by atoms with van der Waals surface area (Å²) in [6.45, 7) is 5.04. The van der Waals surface area contributed by atoms with Crippen molar-refractivity contribution in [1.82, 2.24) is 4.98 Å². The standard InChI is InChI=1S/C14H15ClN2/c1-10-3-4-12(7-11(10)2)9-17-13-5-6-16-14(15)8-13/h3-8H,9H2,1-2H3,(H,16,17). The topological polar surface area (TPSA) is 24.9 Å². The summed E-state index contributed by atoms with van der Waals surface area (Å²) in [4.78, 5) is 3.95. The molecule has 0 saturated heterocycles. The smallest absolute Gasteiger partial charge is 0.131 e. The van der Waals surface area contributed by atoms with Crippen LogP contribution < -0.4 is 5.32 Å². The van der Waals surface area contributed by atoms with Crippen LogP contribution in [0.15, 0.2) is 36.5 Å². The minimum absolute atomic E-state index is 0.509. The molecule has 2 rings (SSSR count). The number of halogens is 1. The molecule has 0 fully saturated rings. The number of nitrogens with one attached hydrogen (secondary N) is 1. The van der Waals surface area contributed by atoms with Gasteiger partial charge in [0.15, 0.2) is 0 Å². The second kappa shape index (κ2) is 5.19. The first kappa shape index (κ1) is 11.9. The molecule has 0 spiro atoms. The number of nitrogens with zero attached hydrogens (tertiary/aromatic N) is 1. The van der Waals surface area contributed by atoms with Gasteiger partial charge in [-0.05, 0) is 42.7 Å². The van der Waals surface area contributed by atoms with Crippen molar-refractivity contribution in [2.24, 2.45) is 0 Å². The van der Waals surface area contributed by atoms with E-state index in [1.54, 1.807) is 6.20 Å². The fourth-order valence-electron chi connectivity index (χ4n) is 1.63. The number of hydrogen-bond acceptors (Lipinski definition) is 2. The summed E-state index contributed by atoms with van der Waals surface area (Å²) in [5.74, 6) is 0. The Morgan fingerprint density at radius 1 is 1.12 bits per heavy atom. The summed E-state index contributed by atoms with van der Waals surface area (Å²) in [7, 11) is 0. The predicted molar refractivity (Wildman–Crippen MR) is 72.5 cm³/mol. The van der Waals surface area contributed by atoms with Gasteiger partial charge in [-0.25, -0.2) is 4.98 Å². The molecule has 0 aliphatic rings. The van der Waals surface area contributed by atoms with E-state index in [0.29, 0.717) is 5.15 Å². The highest BCUT2D eigenvalue weighted by molar-refractivity contribution is 6.29. The second-order valence-corrected chi connectivity index (χ2v) is 4.53. The van der Waals surface area contributed by atoms with E-state index in [-0.39, 0.29) is 0 Å². The lowest BCUT2D eigenvalue weighted by molar-refractivity contribution is 1.13. The third-order valence-corrected chi connectivity index (χ3v) is 3.00. The van der Waals surface area contributed by atoms with Gasteiger partial charge in [0, 0.05) is 18.4 Å². The highest BCUT2D eigenvalue weighted by atomic mass is 35.5. The maximum absolute atomic E-state index is 5.82. The Morgan fingerprint density at radius 2 is 1.94 bits per heavy atom. The van der Waals surface area contributed by atoms with Gasteiger partial charge in [-0.15, -0.1) is 0 Å². The van der Waals surface area contributed by atoms with Gasteiger partial charge in [-0.2, -0.15) is 0 Å². The highest BCUT2D eigenvalue weighted by Gasteiger charge is 1.98. The Hall–Kier alpha value is -1.54. The lowest BCUT2D eigenvalue weighted by atomic mass is 10.1. The Kier molecular flexibility index (Phi) is 3.64. The van der Waals surface area contributed by atoms with Gasteiger partial charge >= 0.3 is 0 Å². The average Bonchev–Trinajstić information content (AvgIpc) is 2.31. The molecule has 0 amide bonds. The first-order chi connectivity index (χ1) is 8.15.